The van der Waals surface area contributed by atoms with Crippen molar-refractivity contribution in [3.8, 4) is 0 Å². The molecule has 2 aromatic carbocycles. The molecule has 0 aliphatic heterocycles. The molecular formula is C21H28O4. The van der Waals surface area contributed by atoms with Crippen LogP contribution in [0, 0.1) is 5.41 Å². The first-order chi connectivity index (χ1) is 12.1. The van der Waals surface area contributed by atoms with Gasteiger partial charge in [0.1, 0.15) is 0 Å². The van der Waals surface area contributed by atoms with Gasteiger partial charge in [0.15, 0.2) is 0 Å². The largest absolute Gasteiger partial charge is 0.396 e. The minimum atomic E-state index is -0.827. The fourth-order valence-corrected chi connectivity index (χ4v) is 2.52. The molecule has 4 nitrogen and oxygen atoms in total. The molecule has 2 N–H and O–H groups in total. The van der Waals surface area contributed by atoms with Gasteiger partial charge in [0.2, 0.25) is 0 Å². The molecule has 0 saturated carbocycles. The Kier molecular flexibility index (Phi) is 7.59. The predicted octanol–water partition coefficient (Wildman–Crippen LogP) is 3.51. The maximum Gasteiger partial charge on any atom is 0.0797 e. The molecule has 2 aromatic rings. The number of aliphatic hydroxyl groups excluding tert-OH is 2. The highest BCUT2D eigenvalue weighted by atomic mass is 16.5. The summed E-state index contributed by atoms with van der Waals surface area (Å²) in [6, 6.07) is 19.8. The Bertz CT molecular complexity index is 544. The SMILES string of the molecule is CC(OCC(CO)(CO)COC(C)c1ccccc1)c1ccccc1. The van der Waals surface area contributed by atoms with E-state index in [9.17, 15) is 10.2 Å². The van der Waals surface area contributed by atoms with E-state index >= 15 is 0 Å². The average Bonchev–Trinajstić information content (AvgIpc) is 2.69. The molecule has 0 bridgehead atoms. The van der Waals surface area contributed by atoms with Crippen LogP contribution in [0.25, 0.3) is 0 Å². The molecule has 0 aromatic heterocycles. The Morgan fingerprint density at radius 3 is 1.40 bits per heavy atom. The van der Waals surface area contributed by atoms with E-state index < -0.39 is 5.41 Å². The van der Waals surface area contributed by atoms with E-state index in [1.807, 2.05) is 74.5 Å². The number of rotatable bonds is 10. The van der Waals surface area contributed by atoms with Crippen LogP contribution in [0.2, 0.25) is 0 Å². The van der Waals surface area contributed by atoms with Crippen molar-refractivity contribution in [3.05, 3.63) is 71.8 Å². The lowest BCUT2D eigenvalue weighted by atomic mass is 9.92. The van der Waals surface area contributed by atoms with Crippen molar-refractivity contribution in [2.75, 3.05) is 26.4 Å². The Hall–Kier alpha value is -1.72. The first-order valence-electron chi connectivity index (χ1n) is 8.65. The lowest BCUT2D eigenvalue weighted by molar-refractivity contribution is -0.105. The van der Waals surface area contributed by atoms with Crippen molar-refractivity contribution in [1.82, 2.24) is 0 Å². The summed E-state index contributed by atoms with van der Waals surface area (Å²) in [5.74, 6) is 0. The molecule has 136 valence electrons. The first-order valence-corrected chi connectivity index (χ1v) is 8.65. The zero-order valence-electron chi connectivity index (χ0n) is 15.0. The zero-order valence-corrected chi connectivity index (χ0v) is 15.0. The summed E-state index contributed by atoms with van der Waals surface area (Å²) >= 11 is 0. The summed E-state index contributed by atoms with van der Waals surface area (Å²) in [6.45, 7) is 3.96. The van der Waals surface area contributed by atoms with Crippen molar-refractivity contribution < 1.29 is 19.7 Å². The summed E-state index contributed by atoms with van der Waals surface area (Å²) in [5, 5.41) is 19.6. The summed E-state index contributed by atoms with van der Waals surface area (Å²) < 4.78 is 11.8. The van der Waals surface area contributed by atoms with Crippen molar-refractivity contribution in [2.24, 2.45) is 5.41 Å². The van der Waals surface area contributed by atoms with E-state index in [-0.39, 0.29) is 38.6 Å². The van der Waals surface area contributed by atoms with Gasteiger partial charge in [-0.2, -0.15) is 0 Å². The van der Waals surface area contributed by atoms with Gasteiger partial charge in [-0.15, -0.1) is 0 Å². The van der Waals surface area contributed by atoms with Gasteiger partial charge in [0.05, 0.1) is 44.1 Å². The molecule has 0 radical (unpaired) electrons. The minimum Gasteiger partial charge on any atom is -0.396 e. The molecule has 2 rings (SSSR count). The third kappa shape index (κ3) is 5.65. The summed E-state index contributed by atoms with van der Waals surface area (Å²) in [6.07, 6.45) is -0.240. The third-order valence-corrected chi connectivity index (χ3v) is 4.49. The molecule has 0 spiro atoms. The Morgan fingerprint density at radius 1 is 0.720 bits per heavy atom. The zero-order chi connectivity index (χ0) is 18.1. The molecule has 0 aliphatic carbocycles. The lowest BCUT2D eigenvalue weighted by Gasteiger charge is -2.32. The number of hydrogen-bond donors (Lipinski definition) is 2. The van der Waals surface area contributed by atoms with Crippen LogP contribution in [-0.4, -0.2) is 36.6 Å². The fraction of sp³-hybridized carbons (Fsp3) is 0.429. The van der Waals surface area contributed by atoms with Crippen LogP contribution in [0.3, 0.4) is 0 Å². The molecule has 0 heterocycles. The van der Waals surface area contributed by atoms with Crippen molar-refractivity contribution in [2.45, 2.75) is 26.1 Å². The average molecular weight is 344 g/mol. The van der Waals surface area contributed by atoms with Gasteiger partial charge < -0.3 is 19.7 Å². The molecule has 2 atom stereocenters. The smallest absolute Gasteiger partial charge is 0.0797 e. The van der Waals surface area contributed by atoms with Crippen LogP contribution >= 0.6 is 0 Å². The molecule has 25 heavy (non-hydrogen) atoms. The van der Waals surface area contributed by atoms with Gasteiger partial charge in [-0.05, 0) is 25.0 Å². The molecule has 0 aliphatic rings. The Morgan fingerprint density at radius 2 is 1.08 bits per heavy atom. The van der Waals surface area contributed by atoms with E-state index in [0.717, 1.165) is 11.1 Å². The third-order valence-electron chi connectivity index (χ3n) is 4.49. The van der Waals surface area contributed by atoms with E-state index in [4.69, 9.17) is 9.47 Å². The monoisotopic (exact) mass is 344 g/mol. The van der Waals surface area contributed by atoms with Crippen LogP contribution in [0.1, 0.15) is 37.2 Å². The topological polar surface area (TPSA) is 58.9 Å². The van der Waals surface area contributed by atoms with Crippen LogP contribution in [0.4, 0.5) is 0 Å². The summed E-state index contributed by atoms with van der Waals surface area (Å²) in [4.78, 5) is 0. The van der Waals surface area contributed by atoms with Crippen LogP contribution in [-0.2, 0) is 9.47 Å². The first kappa shape index (κ1) is 19.6. The predicted molar refractivity (Wildman–Crippen MR) is 98.2 cm³/mol. The van der Waals surface area contributed by atoms with E-state index in [1.54, 1.807) is 0 Å². The standard InChI is InChI=1S/C21H28O4/c1-17(19-9-5-3-6-10-19)24-15-21(13-22,14-23)16-25-18(2)20-11-7-4-8-12-20/h3-12,17-18,22-23H,13-16H2,1-2H3. The second-order valence-electron chi connectivity index (χ2n) is 6.54. The second kappa shape index (κ2) is 9.68. The molecule has 2 unspecified atom stereocenters. The van der Waals surface area contributed by atoms with Gasteiger partial charge in [-0.3, -0.25) is 0 Å². The quantitative estimate of drug-likeness (QED) is 0.692. The summed E-state index contributed by atoms with van der Waals surface area (Å²) in [7, 11) is 0. The lowest BCUT2D eigenvalue weighted by Crippen LogP contribution is -2.40. The van der Waals surface area contributed by atoms with Gasteiger partial charge in [-0.25, -0.2) is 0 Å². The Labute approximate surface area is 150 Å². The number of aliphatic hydroxyl groups is 2. The second-order valence-corrected chi connectivity index (χ2v) is 6.54. The van der Waals surface area contributed by atoms with Crippen LogP contribution < -0.4 is 0 Å². The number of hydrogen-bond acceptors (Lipinski definition) is 4. The van der Waals surface area contributed by atoms with E-state index in [0.29, 0.717) is 0 Å². The highest BCUT2D eigenvalue weighted by molar-refractivity contribution is 5.17. The maximum absolute atomic E-state index is 9.82. The molecule has 0 fully saturated rings. The van der Waals surface area contributed by atoms with Gasteiger partial charge >= 0.3 is 0 Å². The summed E-state index contributed by atoms with van der Waals surface area (Å²) in [5.41, 5.74) is 1.29. The van der Waals surface area contributed by atoms with E-state index in [2.05, 4.69) is 0 Å². The van der Waals surface area contributed by atoms with Crippen molar-refractivity contribution >= 4 is 0 Å². The van der Waals surface area contributed by atoms with Crippen molar-refractivity contribution in [3.63, 3.8) is 0 Å². The normalized spacial score (nSPS) is 14.2. The number of benzene rings is 2. The van der Waals surface area contributed by atoms with E-state index in [1.165, 1.54) is 0 Å². The van der Waals surface area contributed by atoms with Gasteiger partial charge in [0.25, 0.3) is 0 Å². The maximum atomic E-state index is 9.82. The number of ether oxygens (including phenoxy) is 2. The van der Waals surface area contributed by atoms with Crippen LogP contribution in [0.15, 0.2) is 60.7 Å². The van der Waals surface area contributed by atoms with Gasteiger partial charge in [-0.1, -0.05) is 60.7 Å². The fourth-order valence-electron chi connectivity index (χ4n) is 2.52. The molecule has 4 heteroatoms. The van der Waals surface area contributed by atoms with Crippen LogP contribution in [0.5, 0.6) is 0 Å². The molecular weight excluding hydrogens is 316 g/mol. The molecule has 0 saturated heterocycles. The molecule has 0 amide bonds. The minimum absolute atomic E-state index is 0.120. The van der Waals surface area contributed by atoms with Gasteiger partial charge in [0, 0.05) is 0 Å². The Balaban J connectivity index is 1.93. The van der Waals surface area contributed by atoms with Crippen molar-refractivity contribution in [1.29, 1.82) is 0 Å². The highest BCUT2D eigenvalue weighted by Gasteiger charge is 2.31. The highest BCUT2D eigenvalue weighted by Crippen LogP contribution is 2.26.